The number of furan rings is 1. The zero-order chi connectivity index (χ0) is 50.6. The molecule has 0 spiro atoms. The van der Waals surface area contributed by atoms with Crippen LogP contribution in [0.15, 0.2) is 205 Å². The van der Waals surface area contributed by atoms with Crippen LogP contribution in [0.5, 0.6) is 11.5 Å². The van der Waals surface area contributed by atoms with E-state index < -0.39 is 0 Å². The van der Waals surface area contributed by atoms with Gasteiger partial charge in [-0.05, 0) is 117 Å². The third-order valence-electron chi connectivity index (χ3n) is 15.3. The van der Waals surface area contributed by atoms with Crippen molar-refractivity contribution < 1.29 is 13.9 Å². The number of fused-ring (bicyclic) bond motifs is 9. The number of methoxy groups -OCH3 is 2. The summed E-state index contributed by atoms with van der Waals surface area (Å²) in [5.74, 6) is 2.48. The normalized spacial score (nSPS) is 13.1. The summed E-state index contributed by atoms with van der Waals surface area (Å²) in [6.45, 7) is 13.5. The fraction of sp³-hybridized carbons (Fsp3) is 0.152. The Bertz CT molecular complexity index is 3900. The van der Waals surface area contributed by atoms with Crippen LogP contribution in [0.25, 0.3) is 38.6 Å². The lowest BCUT2D eigenvalue weighted by Crippen LogP contribution is -2.61. The fourth-order valence-electron chi connectivity index (χ4n) is 11.6. The highest BCUT2D eigenvalue weighted by atomic mass is 16.5. The molecule has 0 radical (unpaired) electrons. The maximum Gasteiger partial charge on any atom is 0.254 e. The fourth-order valence-corrected chi connectivity index (χ4v) is 11.6. The van der Waals surface area contributed by atoms with Crippen molar-refractivity contribution in [1.29, 1.82) is 0 Å². The molecular weight excluding hydrogens is 908 g/mol. The number of ether oxygens (including phenoxy) is 2. The van der Waals surface area contributed by atoms with Gasteiger partial charge in [0.15, 0.2) is 5.58 Å². The molecule has 5 heterocycles. The maximum atomic E-state index is 7.29. The topological polar surface area (TPSA) is 45.7 Å². The molecule has 0 N–H and O–H groups in total. The second-order valence-corrected chi connectivity index (χ2v) is 21.8. The monoisotopic (exact) mass is 964 g/mol. The van der Waals surface area contributed by atoms with Gasteiger partial charge in [0.1, 0.15) is 22.9 Å². The van der Waals surface area contributed by atoms with Crippen LogP contribution in [0.4, 0.5) is 51.3 Å². The molecule has 0 saturated carbocycles. The van der Waals surface area contributed by atoms with Crippen LogP contribution in [-0.4, -0.2) is 25.3 Å². The van der Waals surface area contributed by atoms with E-state index in [2.05, 4.69) is 255 Å². The highest BCUT2D eigenvalue weighted by Crippen LogP contribution is 2.50. The zero-order valence-electron chi connectivity index (χ0n) is 43.1. The number of rotatable bonds is 8. The summed E-state index contributed by atoms with van der Waals surface area (Å²) in [6, 6.07) is 70.7. The molecule has 3 aromatic heterocycles. The largest absolute Gasteiger partial charge is 0.495 e. The number of aromatic nitrogens is 1. The minimum absolute atomic E-state index is 0.00376. The van der Waals surface area contributed by atoms with Gasteiger partial charge in [0.05, 0.1) is 31.6 Å². The highest BCUT2D eigenvalue weighted by Gasteiger charge is 2.45. The van der Waals surface area contributed by atoms with Crippen LogP contribution < -0.4 is 40.6 Å². The van der Waals surface area contributed by atoms with Gasteiger partial charge in [0.25, 0.3) is 6.71 Å². The quantitative estimate of drug-likeness (QED) is 0.141. The molecule has 8 heteroatoms. The van der Waals surface area contributed by atoms with Crippen molar-refractivity contribution in [1.82, 2.24) is 4.40 Å². The average molecular weight is 965 g/mol. The number of nitrogens with zero attached hydrogens (tertiary/aromatic N) is 4. The van der Waals surface area contributed by atoms with E-state index in [1.54, 1.807) is 14.2 Å². The van der Waals surface area contributed by atoms with Crippen LogP contribution in [0.3, 0.4) is 0 Å². The Morgan fingerprint density at radius 3 is 1.70 bits per heavy atom. The van der Waals surface area contributed by atoms with Crippen LogP contribution in [0.2, 0.25) is 0 Å². The van der Waals surface area contributed by atoms with Gasteiger partial charge in [0.2, 0.25) is 0 Å². The summed E-state index contributed by atoms with van der Waals surface area (Å²) < 4.78 is 21.6. The number of anilines is 9. The van der Waals surface area contributed by atoms with Crippen LogP contribution in [0, 0.1) is 0 Å². The molecule has 0 amide bonds. The first-order valence-corrected chi connectivity index (χ1v) is 25.6. The highest BCUT2D eigenvalue weighted by molar-refractivity contribution is 7.00. The molecule has 74 heavy (non-hydrogen) atoms. The van der Waals surface area contributed by atoms with E-state index in [1.165, 1.54) is 22.1 Å². The van der Waals surface area contributed by atoms with E-state index >= 15 is 0 Å². The summed E-state index contributed by atoms with van der Waals surface area (Å²) in [4.78, 5) is 7.29. The molecule has 0 unspecified atom stereocenters. The van der Waals surface area contributed by atoms with E-state index in [9.17, 15) is 0 Å². The Balaban J connectivity index is 1.11. The van der Waals surface area contributed by atoms with Gasteiger partial charge >= 0.3 is 0 Å². The van der Waals surface area contributed by atoms with Crippen molar-refractivity contribution in [2.45, 2.75) is 52.4 Å². The SMILES string of the molecule is COc1cc(OC)c2cc3c(n2c1)N(c1ccccc1)c1cccc2c1B3c1ccc(N(c3ccc(C(C)(C)C)cc3)c3ccc(C(C)(C)C)cc3)cc1N2c1cccc2c1oc1c(-c3ccccc3)cccc12. The number of hydrogen-bond donors (Lipinski definition) is 0. The Hall–Kier alpha value is -8.62. The molecule has 11 aromatic rings. The third kappa shape index (κ3) is 7.10. The molecular formula is C66H57BN4O3. The lowest BCUT2D eigenvalue weighted by atomic mass is 9.34. The van der Waals surface area contributed by atoms with Gasteiger partial charge in [0, 0.05) is 62.2 Å². The van der Waals surface area contributed by atoms with Crippen LogP contribution >= 0.6 is 0 Å². The van der Waals surface area contributed by atoms with Crippen molar-refractivity contribution >= 4 is 102 Å². The molecule has 0 fully saturated rings. The molecule has 7 nitrogen and oxygen atoms in total. The molecule has 0 atom stereocenters. The van der Waals surface area contributed by atoms with Crippen molar-refractivity contribution in [3.63, 3.8) is 0 Å². The molecule has 13 rings (SSSR count). The predicted molar refractivity (Wildman–Crippen MR) is 309 cm³/mol. The van der Waals surface area contributed by atoms with Crippen molar-refractivity contribution in [2.24, 2.45) is 0 Å². The molecule has 0 saturated heterocycles. The number of benzene rings is 8. The maximum absolute atomic E-state index is 7.29. The number of hydrogen-bond acceptors (Lipinski definition) is 6. The lowest BCUT2D eigenvalue weighted by molar-refractivity contribution is 0.393. The van der Waals surface area contributed by atoms with Crippen molar-refractivity contribution in [3.05, 3.63) is 211 Å². The van der Waals surface area contributed by atoms with Crippen LogP contribution in [-0.2, 0) is 10.8 Å². The smallest absolute Gasteiger partial charge is 0.254 e. The van der Waals surface area contributed by atoms with Gasteiger partial charge in [-0.1, -0.05) is 157 Å². The first kappa shape index (κ1) is 45.3. The van der Waals surface area contributed by atoms with Crippen molar-refractivity contribution in [2.75, 3.05) is 28.9 Å². The Morgan fingerprint density at radius 2 is 1.07 bits per heavy atom. The van der Waals surface area contributed by atoms with E-state index in [1.807, 2.05) is 6.07 Å². The summed E-state index contributed by atoms with van der Waals surface area (Å²) in [5, 5.41) is 2.14. The molecule has 8 aromatic carbocycles. The molecule has 2 aliphatic rings. The first-order valence-electron chi connectivity index (χ1n) is 25.6. The van der Waals surface area contributed by atoms with E-state index in [0.29, 0.717) is 5.75 Å². The van der Waals surface area contributed by atoms with Gasteiger partial charge in [-0.2, -0.15) is 0 Å². The minimum atomic E-state index is -0.169. The van der Waals surface area contributed by atoms with Gasteiger partial charge < -0.3 is 23.7 Å². The molecule has 362 valence electrons. The molecule has 0 bridgehead atoms. The van der Waals surface area contributed by atoms with Gasteiger partial charge in [-0.25, -0.2) is 0 Å². The second-order valence-electron chi connectivity index (χ2n) is 21.8. The average Bonchev–Trinajstić information content (AvgIpc) is 4.02. The number of pyridine rings is 1. The summed E-state index contributed by atoms with van der Waals surface area (Å²) >= 11 is 0. The zero-order valence-corrected chi connectivity index (χ0v) is 43.1. The first-order chi connectivity index (χ1) is 35.9. The number of para-hydroxylation sites is 3. The third-order valence-corrected chi connectivity index (χ3v) is 15.3. The summed E-state index contributed by atoms with van der Waals surface area (Å²) in [5.41, 5.74) is 19.4. The minimum Gasteiger partial charge on any atom is -0.495 e. The summed E-state index contributed by atoms with van der Waals surface area (Å²) in [6.07, 6.45) is 2.08. The Kier molecular flexibility index (Phi) is 10.4. The van der Waals surface area contributed by atoms with Gasteiger partial charge in [-0.3, -0.25) is 9.30 Å². The summed E-state index contributed by atoms with van der Waals surface area (Å²) in [7, 11) is 3.45. The standard InChI is InChI=1S/C66H57BN4O3/c1-65(2,3)43-28-32-46(33-29-43)69(47-34-30-44(31-35-47)66(4,5)6)48-36-37-53-58(38-48)71(57-27-16-24-52-51-23-15-22-50(62(51)74-63(52)57)42-18-11-9-12-19-42)56-26-17-25-55-61(56)67(53)54-40-59-60(73-8)39-49(72-7)41-68(59)64(54)70(55)45-20-13-10-14-21-45/h9-41H,1-8H3. The van der Waals surface area contributed by atoms with Crippen LogP contribution in [0.1, 0.15) is 52.7 Å². The Morgan fingerprint density at radius 1 is 0.486 bits per heavy atom. The van der Waals surface area contributed by atoms with E-state index in [-0.39, 0.29) is 17.5 Å². The van der Waals surface area contributed by atoms with Crippen molar-refractivity contribution in [3.8, 4) is 22.6 Å². The molecule has 2 aliphatic heterocycles. The lowest BCUT2D eigenvalue weighted by Gasteiger charge is -2.43. The van der Waals surface area contributed by atoms with E-state index in [4.69, 9.17) is 13.9 Å². The van der Waals surface area contributed by atoms with Gasteiger partial charge in [-0.15, -0.1) is 0 Å². The van der Waals surface area contributed by atoms with E-state index in [0.717, 1.165) is 101 Å². The Labute approximate surface area is 433 Å². The second kappa shape index (κ2) is 17.0. The predicted octanol–water partition coefficient (Wildman–Crippen LogP) is 15.7. The molecule has 0 aliphatic carbocycles.